The minimum absolute atomic E-state index is 0.294. The van der Waals surface area contributed by atoms with Crippen LogP contribution in [0.25, 0.3) is 5.57 Å². The Hall–Kier alpha value is -2.79. The standard InChI is InChI=1S/C23H23ClN2O3/c1-15-10-12-25(13-11-15)21-20(16-6-8-19(29-2)9-7-16)22(27)26(23(21)28)18-5-3-4-17(24)14-18/h3-9,14-15H,10-13H2,1-2H3. The molecule has 4 rings (SSSR count). The Kier molecular flexibility index (Phi) is 5.33. The summed E-state index contributed by atoms with van der Waals surface area (Å²) in [5.41, 5.74) is 2.11. The lowest BCUT2D eigenvalue weighted by molar-refractivity contribution is -0.120. The molecule has 0 spiro atoms. The van der Waals surface area contributed by atoms with E-state index in [0.717, 1.165) is 25.9 Å². The monoisotopic (exact) mass is 410 g/mol. The Morgan fingerprint density at radius 3 is 2.31 bits per heavy atom. The Morgan fingerprint density at radius 1 is 1.00 bits per heavy atom. The van der Waals surface area contributed by atoms with Crippen molar-refractivity contribution in [1.29, 1.82) is 0 Å². The van der Waals surface area contributed by atoms with Crippen LogP contribution < -0.4 is 9.64 Å². The first-order valence-corrected chi connectivity index (χ1v) is 10.2. The number of anilines is 1. The largest absolute Gasteiger partial charge is 0.497 e. The molecule has 0 atom stereocenters. The normalized spacial score (nSPS) is 18.0. The second-order valence-corrected chi connectivity index (χ2v) is 7.98. The molecule has 1 fully saturated rings. The molecule has 2 heterocycles. The van der Waals surface area contributed by atoms with E-state index in [-0.39, 0.29) is 11.8 Å². The molecular weight excluding hydrogens is 388 g/mol. The number of imide groups is 1. The van der Waals surface area contributed by atoms with Gasteiger partial charge in [-0.15, -0.1) is 0 Å². The van der Waals surface area contributed by atoms with Crippen LogP contribution in [0.5, 0.6) is 5.75 Å². The molecule has 150 valence electrons. The van der Waals surface area contributed by atoms with Crippen molar-refractivity contribution >= 4 is 34.7 Å². The predicted molar refractivity (Wildman–Crippen MR) is 114 cm³/mol. The first-order chi connectivity index (χ1) is 14.0. The van der Waals surface area contributed by atoms with E-state index >= 15 is 0 Å². The van der Waals surface area contributed by atoms with Gasteiger partial charge in [-0.25, -0.2) is 4.90 Å². The fourth-order valence-electron chi connectivity index (χ4n) is 3.91. The van der Waals surface area contributed by atoms with Crippen LogP contribution in [-0.2, 0) is 9.59 Å². The molecule has 6 heteroatoms. The number of methoxy groups -OCH3 is 1. The third-order valence-corrected chi connectivity index (χ3v) is 5.84. The molecule has 2 aromatic carbocycles. The highest BCUT2D eigenvalue weighted by atomic mass is 35.5. The van der Waals surface area contributed by atoms with E-state index in [1.165, 1.54) is 4.90 Å². The Labute approximate surface area is 175 Å². The molecular formula is C23H23ClN2O3. The zero-order chi connectivity index (χ0) is 20.5. The molecule has 0 radical (unpaired) electrons. The Morgan fingerprint density at radius 2 is 1.69 bits per heavy atom. The number of carbonyl (C=O) groups is 2. The van der Waals surface area contributed by atoms with Gasteiger partial charge in [0, 0.05) is 18.1 Å². The van der Waals surface area contributed by atoms with Gasteiger partial charge in [0.2, 0.25) is 0 Å². The molecule has 29 heavy (non-hydrogen) atoms. The molecule has 2 aliphatic rings. The molecule has 0 saturated carbocycles. The van der Waals surface area contributed by atoms with Crippen molar-refractivity contribution in [3.8, 4) is 5.75 Å². The second-order valence-electron chi connectivity index (χ2n) is 7.55. The number of likely N-dealkylation sites (tertiary alicyclic amines) is 1. The molecule has 0 aliphatic carbocycles. The molecule has 2 amide bonds. The average molecular weight is 411 g/mol. The lowest BCUT2D eigenvalue weighted by Gasteiger charge is -2.32. The van der Waals surface area contributed by atoms with E-state index in [1.54, 1.807) is 43.5 Å². The van der Waals surface area contributed by atoms with Crippen molar-refractivity contribution < 1.29 is 14.3 Å². The van der Waals surface area contributed by atoms with Crippen molar-refractivity contribution in [2.75, 3.05) is 25.1 Å². The van der Waals surface area contributed by atoms with Gasteiger partial charge in [0.05, 0.1) is 18.4 Å². The number of piperidine rings is 1. The van der Waals surface area contributed by atoms with E-state index in [1.807, 2.05) is 12.1 Å². The van der Waals surface area contributed by atoms with Gasteiger partial charge in [0.25, 0.3) is 11.8 Å². The first kappa shape index (κ1) is 19.5. The topological polar surface area (TPSA) is 49.9 Å². The molecule has 1 saturated heterocycles. The number of halogens is 1. The summed E-state index contributed by atoms with van der Waals surface area (Å²) in [4.78, 5) is 30.2. The SMILES string of the molecule is COc1ccc(C2=C(N3CCC(C)CC3)C(=O)N(c3cccc(Cl)c3)C2=O)cc1. The van der Waals surface area contributed by atoms with Crippen molar-refractivity contribution in [1.82, 2.24) is 4.90 Å². The molecule has 0 bridgehead atoms. The highest BCUT2D eigenvalue weighted by Crippen LogP contribution is 2.37. The van der Waals surface area contributed by atoms with Crippen LogP contribution in [0.1, 0.15) is 25.3 Å². The molecule has 2 aromatic rings. The third-order valence-electron chi connectivity index (χ3n) is 5.60. The fraction of sp³-hybridized carbons (Fsp3) is 0.304. The number of hydrogen-bond donors (Lipinski definition) is 0. The van der Waals surface area contributed by atoms with Gasteiger partial charge in [0.1, 0.15) is 11.4 Å². The molecule has 2 aliphatic heterocycles. The molecule has 0 unspecified atom stereocenters. The second kappa shape index (κ2) is 7.91. The summed E-state index contributed by atoms with van der Waals surface area (Å²) in [6, 6.07) is 14.1. The first-order valence-electron chi connectivity index (χ1n) is 9.77. The van der Waals surface area contributed by atoms with E-state index in [9.17, 15) is 9.59 Å². The number of carbonyl (C=O) groups excluding carboxylic acids is 2. The van der Waals surface area contributed by atoms with Crippen LogP contribution in [0.3, 0.4) is 0 Å². The molecule has 0 N–H and O–H groups in total. The van der Waals surface area contributed by atoms with Crippen LogP contribution in [0.2, 0.25) is 5.02 Å². The van der Waals surface area contributed by atoms with Crippen LogP contribution in [0.15, 0.2) is 54.2 Å². The van der Waals surface area contributed by atoms with Gasteiger partial charge in [-0.3, -0.25) is 9.59 Å². The number of rotatable bonds is 4. The van der Waals surface area contributed by atoms with Crippen molar-refractivity contribution in [3.05, 3.63) is 64.8 Å². The maximum atomic E-state index is 13.5. The van der Waals surface area contributed by atoms with E-state index in [4.69, 9.17) is 16.3 Å². The highest BCUT2D eigenvalue weighted by molar-refractivity contribution is 6.45. The smallest absolute Gasteiger partial charge is 0.282 e. The van der Waals surface area contributed by atoms with Gasteiger partial charge >= 0.3 is 0 Å². The maximum absolute atomic E-state index is 13.5. The number of benzene rings is 2. The highest BCUT2D eigenvalue weighted by Gasteiger charge is 2.43. The van der Waals surface area contributed by atoms with Gasteiger partial charge < -0.3 is 9.64 Å². The number of amides is 2. The van der Waals surface area contributed by atoms with Crippen molar-refractivity contribution in [2.24, 2.45) is 5.92 Å². The Balaban J connectivity index is 1.80. The summed E-state index contributed by atoms with van der Waals surface area (Å²) in [5, 5.41) is 0.481. The zero-order valence-electron chi connectivity index (χ0n) is 16.5. The van der Waals surface area contributed by atoms with Crippen LogP contribution in [-0.4, -0.2) is 36.9 Å². The fourth-order valence-corrected chi connectivity index (χ4v) is 4.10. The van der Waals surface area contributed by atoms with Gasteiger partial charge in [-0.05, 0) is 54.7 Å². The average Bonchev–Trinajstić information content (AvgIpc) is 2.99. The van der Waals surface area contributed by atoms with E-state index in [2.05, 4.69) is 11.8 Å². The van der Waals surface area contributed by atoms with Crippen molar-refractivity contribution in [2.45, 2.75) is 19.8 Å². The number of ether oxygens (including phenoxy) is 1. The van der Waals surface area contributed by atoms with Gasteiger partial charge in [-0.1, -0.05) is 36.7 Å². The van der Waals surface area contributed by atoms with E-state index < -0.39 is 0 Å². The summed E-state index contributed by atoms with van der Waals surface area (Å²) in [5.74, 6) is 0.701. The summed E-state index contributed by atoms with van der Waals surface area (Å²) in [6.45, 7) is 3.74. The van der Waals surface area contributed by atoms with Crippen LogP contribution in [0.4, 0.5) is 5.69 Å². The van der Waals surface area contributed by atoms with E-state index in [0.29, 0.717) is 39.2 Å². The summed E-state index contributed by atoms with van der Waals surface area (Å²) < 4.78 is 5.23. The third kappa shape index (κ3) is 3.62. The summed E-state index contributed by atoms with van der Waals surface area (Å²) >= 11 is 6.12. The Bertz CT molecular complexity index is 976. The lowest BCUT2D eigenvalue weighted by atomic mass is 9.97. The number of hydrogen-bond acceptors (Lipinski definition) is 4. The summed E-state index contributed by atoms with van der Waals surface area (Å²) in [6.07, 6.45) is 2.00. The lowest BCUT2D eigenvalue weighted by Crippen LogP contribution is -2.38. The van der Waals surface area contributed by atoms with Crippen LogP contribution >= 0.6 is 11.6 Å². The summed E-state index contributed by atoms with van der Waals surface area (Å²) in [7, 11) is 1.60. The van der Waals surface area contributed by atoms with Gasteiger partial charge in [-0.2, -0.15) is 0 Å². The van der Waals surface area contributed by atoms with Gasteiger partial charge in [0.15, 0.2) is 0 Å². The molecule has 0 aromatic heterocycles. The molecule has 5 nitrogen and oxygen atoms in total. The number of nitrogens with zero attached hydrogens (tertiary/aromatic N) is 2. The van der Waals surface area contributed by atoms with Crippen molar-refractivity contribution in [3.63, 3.8) is 0 Å². The maximum Gasteiger partial charge on any atom is 0.282 e. The zero-order valence-corrected chi connectivity index (χ0v) is 17.3. The minimum atomic E-state index is -0.323. The predicted octanol–water partition coefficient (Wildman–Crippen LogP) is 4.37. The minimum Gasteiger partial charge on any atom is -0.497 e. The quantitative estimate of drug-likeness (QED) is 0.702. The van der Waals surface area contributed by atoms with Crippen LogP contribution in [0, 0.1) is 5.92 Å².